The van der Waals surface area contributed by atoms with Crippen LogP contribution in [0.15, 0.2) is 24.3 Å². The van der Waals surface area contributed by atoms with Crippen molar-refractivity contribution in [3.8, 4) is 5.75 Å². The minimum atomic E-state index is -4.17. The molecule has 0 saturated heterocycles. The van der Waals surface area contributed by atoms with Gasteiger partial charge in [-0.15, -0.1) is 0 Å². The van der Waals surface area contributed by atoms with Crippen molar-refractivity contribution < 1.29 is 17.9 Å². The number of rotatable bonds is 5. The lowest BCUT2D eigenvalue weighted by Gasteiger charge is -2.10. The summed E-state index contributed by atoms with van der Waals surface area (Å²) >= 11 is -0.0587. The first-order valence-electron chi connectivity index (χ1n) is 4.94. The van der Waals surface area contributed by atoms with Crippen molar-refractivity contribution in [1.82, 2.24) is 0 Å². The van der Waals surface area contributed by atoms with Crippen LogP contribution in [0.5, 0.6) is 5.75 Å². The van der Waals surface area contributed by atoms with E-state index in [1.165, 1.54) is 0 Å². The van der Waals surface area contributed by atoms with Crippen LogP contribution in [0, 0.1) is 0 Å². The highest BCUT2D eigenvalue weighted by molar-refractivity contribution is 8.00. The zero-order valence-corrected chi connectivity index (χ0v) is 9.70. The predicted molar refractivity (Wildman–Crippen MR) is 59.8 cm³/mol. The van der Waals surface area contributed by atoms with Gasteiger partial charge in [0.05, 0.1) is 6.61 Å². The highest BCUT2D eigenvalue weighted by Gasteiger charge is 2.27. The number of para-hydroxylation sites is 1. The monoisotopic (exact) mass is 250 g/mol. The van der Waals surface area contributed by atoms with E-state index in [9.17, 15) is 13.2 Å². The molecular formula is C11H13F3OS. The van der Waals surface area contributed by atoms with Gasteiger partial charge in [-0.25, -0.2) is 0 Å². The smallest absolute Gasteiger partial charge is 0.441 e. The van der Waals surface area contributed by atoms with Crippen LogP contribution in [-0.4, -0.2) is 17.9 Å². The molecule has 0 bridgehead atoms. The molecule has 0 fully saturated rings. The molecule has 0 radical (unpaired) electrons. The summed E-state index contributed by atoms with van der Waals surface area (Å²) in [5, 5.41) is 0. The molecule has 1 nitrogen and oxygen atoms in total. The molecule has 0 aliphatic heterocycles. The van der Waals surface area contributed by atoms with E-state index in [4.69, 9.17) is 4.74 Å². The minimum absolute atomic E-state index is 0.0587. The zero-order valence-electron chi connectivity index (χ0n) is 8.88. The van der Waals surface area contributed by atoms with Crippen LogP contribution in [-0.2, 0) is 6.42 Å². The summed E-state index contributed by atoms with van der Waals surface area (Å²) in [7, 11) is 0. The van der Waals surface area contributed by atoms with Crippen LogP contribution in [0.25, 0.3) is 0 Å². The fourth-order valence-electron chi connectivity index (χ4n) is 1.25. The highest BCUT2D eigenvalue weighted by Crippen LogP contribution is 2.30. The van der Waals surface area contributed by atoms with E-state index >= 15 is 0 Å². The Labute approximate surface area is 97.0 Å². The SMILES string of the molecule is CCc1ccccc1OCCSC(F)(F)F. The van der Waals surface area contributed by atoms with E-state index in [0.717, 1.165) is 12.0 Å². The average molecular weight is 250 g/mol. The van der Waals surface area contributed by atoms with Crippen LogP contribution in [0.1, 0.15) is 12.5 Å². The largest absolute Gasteiger partial charge is 0.492 e. The van der Waals surface area contributed by atoms with Gasteiger partial charge in [0.1, 0.15) is 5.75 Å². The Hall–Kier alpha value is -0.840. The van der Waals surface area contributed by atoms with E-state index in [-0.39, 0.29) is 24.1 Å². The highest BCUT2D eigenvalue weighted by atomic mass is 32.2. The van der Waals surface area contributed by atoms with E-state index in [1.54, 1.807) is 6.07 Å². The van der Waals surface area contributed by atoms with Gasteiger partial charge in [-0.05, 0) is 29.8 Å². The van der Waals surface area contributed by atoms with Crippen molar-refractivity contribution in [2.45, 2.75) is 18.9 Å². The molecule has 0 atom stereocenters. The van der Waals surface area contributed by atoms with Gasteiger partial charge in [0, 0.05) is 5.75 Å². The van der Waals surface area contributed by atoms with Gasteiger partial charge in [-0.2, -0.15) is 13.2 Å². The standard InChI is InChI=1S/C11H13F3OS/c1-2-9-5-3-4-6-10(9)15-7-8-16-11(12,13)14/h3-6H,2,7-8H2,1H3. The van der Waals surface area contributed by atoms with Gasteiger partial charge < -0.3 is 4.74 Å². The second-order valence-corrected chi connectivity index (χ2v) is 4.26. The second kappa shape index (κ2) is 6.03. The lowest BCUT2D eigenvalue weighted by molar-refractivity contribution is -0.0329. The molecule has 0 amide bonds. The number of hydrogen-bond acceptors (Lipinski definition) is 2. The molecule has 1 aromatic carbocycles. The number of aryl methyl sites for hydroxylation is 1. The molecule has 0 unspecified atom stereocenters. The Morgan fingerprint density at radius 3 is 2.56 bits per heavy atom. The first-order chi connectivity index (χ1) is 7.53. The molecular weight excluding hydrogens is 237 g/mol. The van der Waals surface area contributed by atoms with Gasteiger partial charge >= 0.3 is 5.51 Å². The molecule has 0 heterocycles. The van der Waals surface area contributed by atoms with Gasteiger partial charge in [0.2, 0.25) is 0 Å². The number of hydrogen-bond donors (Lipinski definition) is 0. The second-order valence-electron chi connectivity index (χ2n) is 3.10. The molecule has 1 aromatic rings. The summed E-state index contributed by atoms with van der Waals surface area (Å²) < 4.78 is 40.8. The maximum absolute atomic E-state index is 11.8. The van der Waals surface area contributed by atoms with Crippen LogP contribution in [0.2, 0.25) is 0 Å². The molecule has 90 valence electrons. The summed E-state index contributed by atoms with van der Waals surface area (Å²) in [5.74, 6) is 0.592. The molecule has 0 spiro atoms. The number of halogens is 3. The molecule has 0 aliphatic carbocycles. The Morgan fingerprint density at radius 2 is 1.94 bits per heavy atom. The minimum Gasteiger partial charge on any atom is -0.492 e. The third kappa shape index (κ3) is 4.79. The van der Waals surface area contributed by atoms with Crippen molar-refractivity contribution in [1.29, 1.82) is 0 Å². The van der Waals surface area contributed by atoms with Crippen molar-refractivity contribution in [2.24, 2.45) is 0 Å². The van der Waals surface area contributed by atoms with Crippen molar-refractivity contribution in [3.05, 3.63) is 29.8 Å². The van der Waals surface area contributed by atoms with Crippen LogP contribution < -0.4 is 4.74 Å². The maximum Gasteiger partial charge on any atom is 0.441 e. The summed E-state index contributed by atoms with van der Waals surface area (Å²) in [4.78, 5) is 0. The van der Waals surface area contributed by atoms with E-state index in [2.05, 4.69) is 0 Å². The lowest BCUT2D eigenvalue weighted by atomic mass is 10.1. The molecule has 0 aromatic heterocycles. The third-order valence-electron chi connectivity index (χ3n) is 1.96. The molecule has 16 heavy (non-hydrogen) atoms. The first kappa shape index (κ1) is 13.2. The molecule has 0 N–H and O–H groups in total. The van der Waals surface area contributed by atoms with Gasteiger partial charge in [0.25, 0.3) is 0 Å². The van der Waals surface area contributed by atoms with Gasteiger partial charge in [0.15, 0.2) is 0 Å². The third-order valence-corrected chi connectivity index (χ3v) is 2.66. The molecule has 5 heteroatoms. The Morgan fingerprint density at radius 1 is 1.25 bits per heavy atom. The summed E-state index contributed by atoms with van der Waals surface area (Å²) in [5.41, 5.74) is -3.16. The quantitative estimate of drug-likeness (QED) is 0.733. The zero-order chi connectivity index (χ0) is 12.0. The average Bonchev–Trinajstić information content (AvgIpc) is 2.23. The number of alkyl halides is 3. The van der Waals surface area contributed by atoms with Crippen LogP contribution in [0.4, 0.5) is 13.2 Å². The summed E-state index contributed by atoms with van der Waals surface area (Å²) in [6.07, 6.45) is 0.808. The van der Waals surface area contributed by atoms with Crippen molar-refractivity contribution in [3.63, 3.8) is 0 Å². The summed E-state index contributed by atoms with van der Waals surface area (Å²) in [6.45, 7) is 2.05. The number of ether oxygens (including phenoxy) is 1. The van der Waals surface area contributed by atoms with Crippen molar-refractivity contribution >= 4 is 11.8 Å². The Bertz CT molecular complexity index is 325. The number of benzene rings is 1. The fraction of sp³-hybridized carbons (Fsp3) is 0.455. The van der Waals surface area contributed by atoms with Gasteiger partial charge in [-0.1, -0.05) is 25.1 Å². The van der Waals surface area contributed by atoms with Crippen LogP contribution >= 0.6 is 11.8 Å². The molecule has 1 rings (SSSR count). The molecule has 0 aliphatic rings. The Kier molecular flexibility index (Phi) is 4.99. The maximum atomic E-state index is 11.8. The van der Waals surface area contributed by atoms with Gasteiger partial charge in [-0.3, -0.25) is 0 Å². The van der Waals surface area contributed by atoms with Crippen LogP contribution in [0.3, 0.4) is 0 Å². The normalized spacial score (nSPS) is 11.5. The molecule has 0 saturated carbocycles. The lowest BCUT2D eigenvalue weighted by Crippen LogP contribution is -2.08. The van der Waals surface area contributed by atoms with E-state index in [1.807, 2.05) is 25.1 Å². The van der Waals surface area contributed by atoms with E-state index < -0.39 is 5.51 Å². The Balaban J connectivity index is 2.37. The first-order valence-corrected chi connectivity index (χ1v) is 5.93. The topological polar surface area (TPSA) is 9.23 Å². The summed E-state index contributed by atoms with van der Waals surface area (Å²) in [6, 6.07) is 7.38. The van der Waals surface area contributed by atoms with E-state index in [0.29, 0.717) is 5.75 Å². The van der Waals surface area contributed by atoms with Crippen molar-refractivity contribution in [2.75, 3.05) is 12.4 Å². The predicted octanol–water partition coefficient (Wildman–Crippen LogP) is 3.88. The number of thioether (sulfide) groups is 1. The fourth-order valence-corrected chi connectivity index (χ4v) is 1.64.